The lowest BCUT2D eigenvalue weighted by Gasteiger charge is -2.38. The van der Waals surface area contributed by atoms with Crippen molar-refractivity contribution in [3.63, 3.8) is 0 Å². The highest BCUT2D eigenvalue weighted by Gasteiger charge is 2.28. The summed E-state index contributed by atoms with van der Waals surface area (Å²) in [6.45, 7) is 7.17. The molecule has 1 aromatic rings. The lowest BCUT2D eigenvalue weighted by molar-refractivity contribution is 0.135. The highest BCUT2D eigenvalue weighted by Crippen LogP contribution is 2.33. The Hall–Kier alpha value is -0.930. The maximum Gasteiger partial charge on any atom is 0.0607 e. The van der Waals surface area contributed by atoms with Crippen LogP contribution in [0.25, 0.3) is 0 Å². The van der Waals surface area contributed by atoms with Crippen molar-refractivity contribution < 1.29 is 0 Å². The monoisotopic (exact) mass is 287 g/mol. The normalized spacial score (nSPS) is 23.2. The molecule has 1 fully saturated rings. The Morgan fingerprint density at radius 2 is 2.14 bits per heavy atom. The second kappa shape index (κ2) is 7.37. The average molecular weight is 287 g/mol. The van der Waals surface area contributed by atoms with E-state index in [1.54, 1.807) is 0 Å². The summed E-state index contributed by atoms with van der Waals surface area (Å²) in [5.74, 6) is 0.867. The Morgan fingerprint density at radius 3 is 2.95 bits per heavy atom. The zero-order chi connectivity index (χ0) is 14.5. The van der Waals surface area contributed by atoms with Gasteiger partial charge in [0.05, 0.1) is 11.7 Å². The Kier molecular flexibility index (Phi) is 5.26. The third kappa shape index (κ3) is 3.64. The van der Waals surface area contributed by atoms with Gasteiger partial charge in [0.25, 0.3) is 0 Å². The molecule has 2 aliphatic rings. The summed E-state index contributed by atoms with van der Waals surface area (Å²) < 4.78 is 0. The van der Waals surface area contributed by atoms with Crippen LogP contribution in [0.15, 0.2) is 18.3 Å². The standard InChI is InChI=1S/C18H29N3/c1-2-13-21(14-15-8-11-19-12-9-15)17-7-3-5-16-6-4-10-20-18(16)17/h4,6,10,15,17,19H,2-3,5,7-9,11-14H2,1H3. The Labute approximate surface area is 129 Å². The van der Waals surface area contributed by atoms with Crippen molar-refractivity contribution in [2.24, 2.45) is 5.92 Å². The molecule has 1 aromatic heterocycles. The van der Waals surface area contributed by atoms with Crippen LogP contribution in [0.2, 0.25) is 0 Å². The number of nitrogens with zero attached hydrogens (tertiary/aromatic N) is 2. The van der Waals surface area contributed by atoms with Gasteiger partial charge in [-0.05, 0) is 75.7 Å². The van der Waals surface area contributed by atoms with E-state index in [9.17, 15) is 0 Å². The van der Waals surface area contributed by atoms with Gasteiger partial charge in [0.1, 0.15) is 0 Å². The summed E-state index contributed by atoms with van der Waals surface area (Å²) >= 11 is 0. The number of aromatic nitrogens is 1. The fourth-order valence-electron chi connectivity index (χ4n) is 4.00. The van der Waals surface area contributed by atoms with Gasteiger partial charge in [-0.3, -0.25) is 9.88 Å². The maximum absolute atomic E-state index is 4.74. The zero-order valence-corrected chi connectivity index (χ0v) is 13.4. The number of aryl methyl sites for hydroxylation is 1. The molecule has 3 heteroatoms. The molecule has 2 heterocycles. The van der Waals surface area contributed by atoms with Crippen molar-refractivity contribution in [3.05, 3.63) is 29.6 Å². The van der Waals surface area contributed by atoms with E-state index in [-0.39, 0.29) is 0 Å². The first kappa shape index (κ1) is 15.0. The van der Waals surface area contributed by atoms with Crippen LogP contribution < -0.4 is 5.32 Å². The summed E-state index contributed by atoms with van der Waals surface area (Å²) in [5.41, 5.74) is 2.85. The minimum absolute atomic E-state index is 0.560. The highest BCUT2D eigenvalue weighted by atomic mass is 15.2. The molecule has 1 aliphatic heterocycles. The van der Waals surface area contributed by atoms with Crippen LogP contribution in [0.1, 0.15) is 56.3 Å². The van der Waals surface area contributed by atoms with Crippen molar-refractivity contribution in [1.29, 1.82) is 0 Å². The maximum atomic E-state index is 4.74. The van der Waals surface area contributed by atoms with Crippen LogP contribution in [-0.2, 0) is 6.42 Å². The smallest absolute Gasteiger partial charge is 0.0607 e. The molecule has 1 aliphatic carbocycles. The number of hydrogen-bond donors (Lipinski definition) is 1. The van der Waals surface area contributed by atoms with Gasteiger partial charge in [0.2, 0.25) is 0 Å². The van der Waals surface area contributed by atoms with Crippen molar-refractivity contribution in [1.82, 2.24) is 15.2 Å². The molecule has 0 radical (unpaired) electrons. The van der Waals surface area contributed by atoms with E-state index < -0.39 is 0 Å². The van der Waals surface area contributed by atoms with Crippen LogP contribution in [0.5, 0.6) is 0 Å². The first-order valence-electron chi connectivity index (χ1n) is 8.77. The van der Waals surface area contributed by atoms with Crippen LogP contribution in [0, 0.1) is 5.92 Å². The number of hydrogen-bond acceptors (Lipinski definition) is 3. The predicted molar refractivity (Wildman–Crippen MR) is 87.4 cm³/mol. The van der Waals surface area contributed by atoms with Crippen molar-refractivity contribution in [2.45, 2.75) is 51.5 Å². The molecule has 0 saturated carbocycles. The third-order valence-corrected chi connectivity index (χ3v) is 5.07. The summed E-state index contributed by atoms with van der Waals surface area (Å²) in [5, 5.41) is 3.48. The quantitative estimate of drug-likeness (QED) is 0.901. The van der Waals surface area contributed by atoms with E-state index in [4.69, 9.17) is 4.98 Å². The molecule has 116 valence electrons. The van der Waals surface area contributed by atoms with Gasteiger partial charge >= 0.3 is 0 Å². The number of piperidine rings is 1. The van der Waals surface area contributed by atoms with Gasteiger partial charge in [-0.2, -0.15) is 0 Å². The molecule has 1 saturated heterocycles. The largest absolute Gasteiger partial charge is 0.317 e. The lowest BCUT2D eigenvalue weighted by atomic mass is 9.89. The average Bonchev–Trinajstić information content (AvgIpc) is 2.55. The molecule has 0 amide bonds. The minimum Gasteiger partial charge on any atom is -0.317 e. The fourth-order valence-corrected chi connectivity index (χ4v) is 4.00. The van der Waals surface area contributed by atoms with Crippen LogP contribution >= 0.6 is 0 Å². The van der Waals surface area contributed by atoms with Gasteiger partial charge in [-0.15, -0.1) is 0 Å². The Morgan fingerprint density at radius 1 is 1.29 bits per heavy atom. The molecule has 0 aromatic carbocycles. The topological polar surface area (TPSA) is 28.2 Å². The van der Waals surface area contributed by atoms with E-state index in [2.05, 4.69) is 29.3 Å². The zero-order valence-electron chi connectivity index (χ0n) is 13.4. The van der Waals surface area contributed by atoms with E-state index in [0.29, 0.717) is 6.04 Å². The van der Waals surface area contributed by atoms with Crippen molar-refractivity contribution in [3.8, 4) is 0 Å². The van der Waals surface area contributed by atoms with Gasteiger partial charge in [-0.25, -0.2) is 0 Å². The first-order valence-corrected chi connectivity index (χ1v) is 8.77. The van der Waals surface area contributed by atoms with Crippen molar-refractivity contribution in [2.75, 3.05) is 26.2 Å². The number of pyridine rings is 1. The van der Waals surface area contributed by atoms with Gasteiger partial charge in [0.15, 0.2) is 0 Å². The van der Waals surface area contributed by atoms with E-state index in [1.807, 2.05) is 6.20 Å². The van der Waals surface area contributed by atoms with Gasteiger partial charge < -0.3 is 5.32 Å². The molecular weight excluding hydrogens is 258 g/mol. The van der Waals surface area contributed by atoms with Crippen LogP contribution in [0.3, 0.4) is 0 Å². The molecule has 21 heavy (non-hydrogen) atoms. The van der Waals surface area contributed by atoms with E-state index in [0.717, 1.165) is 5.92 Å². The molecule has 1 unspecified atom stereocenters. The van der Waals surface area contributed by atoms with Gasteiger partial charge in [0, 0.05) is 12.7 Å². The van der Waals surface area contributed by atoms with Gasteiger partial charge in [-0.1, -0.05) is 13.0 Å². The van der Waals surface area contributed by atoms with Crippen LogP contribution in [0.4, 0.5) is 0 Å². The summed E-state index contributed by atoms with van der Waals surface area (Å²) in [4.78, 5) is 7.48. The summed E-state index contributed by atoms with van der Waals surface area (Å²) in [6.07, 6.45) is 9.71. The molecule has 1 atom stereocenters. The number of rotatable bonds is 5. The molecule has 3 nitrogen and oxygen atoms in total. The predicted octanol–water partition coefficient (Wildman–Crippen LogP) is 3.17. The van der Waals surface area contributed by atoms with E-state index in [1.165, 1.54) is 76.0 Å². The molecular formula is C18H29N3. The lowest BCUT2D eigenvalue weighted by Crippen LogP contribution is -2.39. The molecule has 0 bridgehead atoms. The van der Waals surface area contributed by atoms with Crippen LogP contribution in [-0.4, -0.2) is 36.1 Å². The van der Waals surface area contributed by atoms with E-state index >= 15 is 0 Å². The molecule has 1 N–H and O–H groups in total. The second-order valence-electron chi connectivity index (χ2n) is 6.64. The first-order chi connectivity index (χ1) is 10.4. The summed E-state index contributed by atoms with van der Waals surface area (Å²) in [7, 11) is 0. The summed E-state index contributed by atoms with van der Waals surface area (Å²) in [6, 6.07) is 4.94. The Bertz CT molecular complexity index is 440. The second-order valence-corrected chi connectivity index (χ2v) is 6.64. The highest BCUT2D eigenvalue weighted by molar-refractivity contribution is 5.25. The third-order valence-electron chi connectivity index (χ3n) is 5.07. The Balaban J connectivity index is 1.74. The number of fused-ring (bicyclic) bond motifs is 1. The SMILES string of the molecule is CCCN(CC1CCNCC1)C1CCCc2cccnc21. The fraction of sp³-hybridized carbons (Fsp3) is 0.722. The number of nitrogens with one attached hydrogen (secondary N) is 1. The molecule has 3 rings (SSSR count). The van der Waals surface area contributed by atoms with Crippen molar-refractivity contribution >= 4 is 0 Å². The molecule has 0 spiro atoms. The minimum atomic E-state index is 0.560.